The molecule has 7 heteroatoms. The number of carbonyl (C=O) groups is 2. The SMILES string of the molecule is O=C(NCc1ccc2c(c1)OCO2)[C@H]1CC(=O)N(c2ccccc2Cl)C1. The minimum atomic E-state index is -0.396. The normalized spacial score (nSPS) is 18.3. The fourth-order valence-electron chi connectivity index (χ4n) is 3.17. The number of benzene rings is 2. The molecule has 0 aliphatic carbocycles. The minimum absolute atomic E-state index is 0.0960. The van der Waals surface area contributed by atoms with Crippen molar-refractivity contribution >= 4 is 29.1 Å². The molecule has 0 saturated carbocycles. The number of hydrogen-bond donors (Lipinski definition) is 1. The minimum Gasteiger partial charge on any atom is -0.454 e. The van der Waals surface area contributed by atoms with E-state index in [1.165, 1.54) is 0 Å². The molecule has 0 radical (unpaired) electrons. The van der Waals surface area contributed by atoms with E-state index in [0.29, 0.717) is 35.3 Å². The first-order valence-corrected chi connectivity index (χ1v) is 8.71. The average molecular weight is 373 g/mol. The van der Waals surface area contributed by atoms with Crippen LogP contribution in [0.4, 0.5) is 5.69 Å². The Kier molecular flexibility index (Phi) is 4.42. The van der Waals surface area contributed by atoms with Gasteiger partial charge in [-0.1, -0.05) is 29.8 Å². The zero-order chi connectivity index (χ0) is 18.1. The zero-order valence-electron chi connectivity index (χ0n) is 13.9. The highest BCUT2D eigenvalue weighted by molar-refractivity contribution is 6.33. The van der Waals surface area contributed by atoms with E-state index in [-0.39, 0.29) is 25.0 Å². The number of rotatable bonds is 4. The van der Waals surface area contributed by atoms with E-state index in [2.05, 4.69) is 5.32 Å². The van der Waals surface area contributed by atoms with Crippen LogP contribution in [0.3, 0.4) is 0 Å². The number of nitrogens with one attached hydrogen (secondary N) is 1. The Balaban J connectivity index is 1.38. The second-order valence-electron chi connectivity index (χ2n) is 6.26. The smallest absolute Gasteiger partial charge is 0.231 e. The van der Waals surface area contributed by atoms with Gasteiger partial charge >= 0.3 is 0 Å². The third-order valence-corrected chi connectivity index (χ3v) is 4.86. The highest BCUT2D eigenvalue weighted by Crippen LogP contribution is 2.33. The van der Waals surface area contributed by atoms with Crippen molar-refractivity contribution in [1.29, 1.82) is 0 Å². The van der Waals surface area contributed by atoms with Crippen LogP contribution in [0.15, 0.2) is 42.5 Å². The lowest BCUT2D eigenvalue weighted by atomic mass is 10.1. The van der Waals surface area contributed by atoms with Gasteiger partial charge in [0.25, 0.3) is 0 Å². The van der Waals surface area contributed by atoms with E-state index in [0.717, 1.165) is 5.56 Å². The summed E-state index contributed by atoms with van der Waals surface area (Å²) in [5.74, 6) is 0.745. The van der Waals surface area contributed by atoms with Gasteiger partial charge < -0.3 is 19.7 Å². The van der Waals surface area contributed by atoms with E-state index in [1.54, 1.807) is 17.0 Å². The van der Waals surface area contributed by atoms with Crippen LogP contribution in [-0.2, 0) is 16.1 Å². The third kappa shape index (κ3) is 3.20. The molecule has 2 aliphatic heterocycles. The van der Waals surface area contributed by atoms with Crippen molar-refractivity contribution < 1.29 is 19.1 Å². The van der Waals surface area contributed by atoms with Gasteiger partial charge in [-0.15, -0.1) is 0 Å². The molecule has 1 atom stereocenters. The lowest BCUT2D eigenvalue weighted by molar-refractivity contribution is -0.126. The molecule has 2 heterocycles. The number of fused-ring (bicyclic) bond motifs is 1. The van der Waals surface area contributed by atoms with Crippen LogP contribution in [0.2, 0.25) is 5.02 Å². The number of hydrogen-bond acceptors (Lipinski definition) is 4. The van der Waals surface area contributed by atoms with Crippen molar-refractivity contribution in [1.82, 2.24) is 5.32 Å². The van der Waals surface area contributed by atoms with Crippen molar-refractivity contribution in [3.8, 4) is 11.5 Å². The number of anilines is 1. The molecule has 1 saturated heterocycles. The van der Waals surface area contributed by atoms with Crippen LogP contribution in [0.5, 0.6) is 11.5 Å². The van der Waals surface area contributed by atoms with Gasteiger partial charge in [0.1, 0.15) is 0 Å². The molecule has 4 rings (SSSR count). The first-order chi connectivity index (χ1) is 12.6. The van der Waals surface area contributed by atoms with E-state index in [4.69, 9.17) is 21.1 Å². The number of nitrogens with zero attached hydrogens (tertiary/aromatic N) is 1. The van der Waals surface area contributed by atoms with Crippen molar-refractivity contribution in [2.75, 3.05) is 18.2 Å². The van der Waals surface area contributed by atoms with Crippen LogP contribution in [-0.4, -0.2) is 25.2 Å². The van der Waals surface area contributed by atoms with Crippen molar-refractivity contribution in [2.45, 2.75) is 13.0 Å². The first-order valence-electron chi connectivity index (χ1n) is 8.33. The molecule has 0 spiro atoms. The van der Waals surface area contributed by atoms with E-state index in [9.17, 15) is 9.59 Å². The van der Waals surface area contributed by atoms with E-state index >= 15 is 0 Å². The maximum absolute atomic E-state index is 12.5. The van der Waals surface area contributed by atoms with Gasteiger partial charge in [-0.25, -0.2) is 0 Å². The van der Waals surface area contributed by atoms with Crippen LogP contribution < -0.4 is 19.7 Å². The molecule has 0 aromatic heterocycles. The molecule has 1 N–H and O–H groups in total. The van der Waals surface area contributed by atoms with Gasteiger partial charge in [-0.2, -0.15) is 0 Å². The molecule has 2 aliphatic rings. The van der Waals surface area contributed by atoms with Gasteiger partial charge in [-0.3, -0.25) is 9.59 Å². The molecule has 1 fully saturated rings. The third-order valence-electron chi connectivity index (χ3n) is 4.54. The number of amides is 2. The maximum Gasteiger partial charge on any atom is 0.231 e. The molecular weight excluding hydrogens is 356 g/mol. The van der Waals surface area contributed by atoms with E-state index < -0.39 is 5.92 Å². The van der Waals surface area contributed by atoms with Gasteiger partial charge in [0.15, 0.2) is 11.5 Å². The fourth-order valence-corrected chi connectivity index (χ4v) is 3.41. The predicted octanol–water partition coefficient (Wildman–Crippen LogP) is 2.74. The predicted molar refractivity (Wildman–Crippen MR) is 96.3 cm³/mol. The Morgan fingerprint density at radius 3 is 2.85 bits per heavy atom. The summed E-state index contributed by atoms with van der Waals surface area (Å²) in [4.78, 5) is 26.4. The number of ether oxygens (including phenoxy) is 2. The maximum atomic E-state index is 12.5. The van der Waals surface area contributed by atoms with Crippen molar-refractivity contribution in [3.63, 3.8) is 0 Å². The first kappa shape index (κ1) is 16.7. The summed E-state index contributed by atoms with van der Waals surface area (Å²) in [7, 11) is 0. The zero-order valence-corrected chi connectivity index (χ0v) is 14.7. The molecule has 2 aromatic rings. The summed E-state index contributed by atoms with van der Waals surface area (Å²) in [5, 5.41) is 3.39. The summed E-state index contributed by atoms with van der Waals surface area (Å²) >= 11 is 6.17. The van der Waals surface area contributed by atoms with Crippen molar-refractivity contribution in [3.05, 3.63) is 53.1 Å². The molecule has 6 nitrogen and oxygen atoms in total. The quantitative estimate of drug-likeness (QED) is 0.896. The number of carbonyl (C=O) groups excluding carboxylic acids is 2. The fraction of sp³-hybridized carbons (Fsp3) is 0.263. The Morgan fingerprint density at radius 1 is 1.19 bits per heavy atom. The van der Waals surface area contributed by atoms with Gasteiger partial charge in [-0.05, 0) is 29.8 Å². The molecule has 0 bridgehead atoms. The summed E-state index contributed by atoms with van der Waals surface area (Å²) in [5.41, 5.74) is 1.56. The summed E-state index contributed by atoms with van der Waals surface area (Å²) in [6.45, 7) is 0.912. The van der Waals surface area contributed by atoms with Gasteiger partial charge in [0.2, 0.25) is 18.6 Å². The second-order valence-corrected chi connectivity index (χ2v) is 6.67. The average Bonchev–Trinajstić information content (AvgIpc) is 3.26. The highest BCUT2D eigenvalue weighted by atomic mass is 35.5. The van der Waals surface area contributed by atoms with Crippen molar-refractivity contribution in [2.24, 2.45) is 5.92 Å². The lowest BCUT2D eigenvalue weighted by Gasteiger charge is -2.18. The Morgan fingerprint density at radius 2 is 2.00 bits per heavy atom. The molecule has 26 heavy (non-hydrogen) atoms. The lowest BCUT2D eigenvalue weighted by Crippen LogP contribution is -2.32. The topological polar surface area (TPSA) is 67.9 Å². The summed E-state index contributed by atoms with van der Waals surface area (Å²) < 4.78 is 10.6. The molecule has 2 amide bonds. The van der Waals surface area contributed by atoms with Crippen LogP contribution >= 0.6 is 11.6 Å². The number of halogens is 1. The highest BCUT2D eigenvalue weighted by Gasteiger charge is 2.35. The molecule has 134 valence electrons. The Labute approximate surface area is 155 Å². The Hall–Kier alpha value is -2.73. The molecular formula is C19H17ClN2O4. The van der Waals surface area contributed by atoms with Crippen LogP contribution in [0.25, 0.3) is 0 Å². The second kappa shape index (κ2) is 6.88. The van der Waals surface area contributed by atoms with Crippen LogP contribution in [0.1, 0.15) is 12.0 Å². The van der Waals surface area contributed by atoms with Crippen LogP contribution in [0, 0.1) is 5.92 Å². The summed E-state index contributed by atoms with van der Waals surface area (Å²) in [6, 6.07) is 12.7. The molecule has 0 unspecified atom stereocenters. The standard InChI is InChI=1S/C19H17ClN2O4/c20-14-3-1-2-4-15(14)22-10-13(8-18(22)23)19(24)21-9-12-5-6-16-17(7-12)26-11-25-16/h1-7,13H,8-11H2,(H,21,24)/t13-/m0/s1. The van der Waals surface area contributed by atoms with Gasteiger partial charge in [0.05, 0.1) is 16.6 Å². The Bertz CT molecular complexity index is 870. The summed E-state index contributed by atoms with van der Waals surface area (Å²) in [6.07, 6.45) is 0.179. The number of para-hydroxylation sites is 1. The van der Waals surface area contributed by atoms with Gasteiger partial charge in [0, 0.05) is 19.5 Å². The monoisotopic (exact) mass is 372 g/mol. The largest absolute Gasteiger partial charge is 0.454 e. The molecule has 2 aromatic carbocycles. The van der Waals surface area contributed by atoms with E-state index in [1.807, 2.05) is 30.3 Å².